The molecule has 0 aliphatic carbocycles. The van der Waals surface area contributed by atoms with Gasteiger partial charge < -0.3 is 10.2 Å². The lowest BCUT2D eigenvalue weighted by molar-refractivity contribution is 0.0915. The largest absolute Gasteiger partial charge is 0.349 e. The summed E-state index contributed by atoms with van der Waals surface area (Å²) < 4.78 is 15.1. The maximum absolute atomic E-state index is 13.2. The summed E-state index contributed by atoms with van der Waals surface area (Å²) >= 11 is 1.48. The molecule has 3 heterocycles. The number of hydrogen-bond donors (Lipinski definition) is 1. The molecule has 0 bridgehead atoms. The number of piperidine rings is 1. The van der Waals surface area contributed by atoms with Gasteiger partial charge >= 0.3 is 0 Å². The molecule has 5 nitrogen and oxygen atoms in total. The molecule has 7 heteroatoms. The van der Waals surface area contributed by atoms with Crippen molar-refractivity contribution in [3.63, 3.8) is 0 Å². The Morgan fingerprint density at radius 2 is 2.00 bits per heavy atom. The molecule has 0 radical (unpaired) electrons. The summed E-state index contributed by atoms with van der Waals surface area (Å²) in [5.74, 6) is -0.237. The molecule has 1 amide bonds. The third-order valence-corrected chi connectivity index (χ3v) is 6.69. The zero-order chi connectivity index (χ0) is 20.4. The fourth-order valence-electron chi connectivity index (χ4n) is 3.97. The molecule has 1 N–H and O–H groups in total. The zero-order valence-corrected chi connectivity index (χ0v) is 17.8. The summed E-state index contributed by atoms with van der Waals surface area (Å²) in [6, 6.07) is 8.65. The SMILES string of the molecule is CCCN1CCC(NC(=O)c2cc3c(C)nn(Cc4ccc(F)cc4)c3s2)CC1. The highest BCUT2D eigenvalue weighted by molar-refractivity contribution is 7.20. The van der Waals surface area contributed by atoms with Gasteiger partial charge in [-0.2, -0.15) is 5.10 Å². The Morgan fingerprint density at radius 3 is 2.69 bits per heavy atom. The second kappa shape index (κ2) is 8.63. The number of carbonyl (C=O) groups is 1. The smallest absolute Gasteiger partial charge is 0.261 e. The Morgan fingerprint density at radius 1 is 1.28 bits per heavy atom. The molecule has 1 aliphatic heterocycles. The van der Waals surface area contributed by atoms with Crippen molar-refractivity contribution in [3.05, 3.63) is 52.3 Å². The number of fused-ring (bicyclic) bond motifs is 1. The highest BCUT2D eigenvalue weighted by Gasteiger charge is 2.22. The Balaban J connectivity index is 1.46. The van der Waals surface area contributed by atoms with E-state index in [0.29, 0.717) is 6.54 Å². The molecule has 0 unspecified atom stereocenters. The number of benzene rings is 1. The van der Waals surface area contributed by atoms with Gasteiger partial charge in [-0.3, -0.25) is 9.48 Å². The number of thiophene rings is 1. The predicted octanol–water partition coefficient (Wildman–Crippen LogP) is 4.20. The molecular formula is C22H27FN4OS. The molecule has 1 aromatic carbocycles. The molecule has 1 saturated heterocycles. The van der Waals surface area contributed by atoms with E-state index in [9.17, 15) is 9.18 Å². The second-order valence-electron chi connectivity index (χ2n) is 7.79. The monoisotopic (exact) mass is 414 g/mol. The summed E-state index contributed by atoms with van der Waals surface area (Å²) in [5, 5.41) is 8.84. The van der Waals surface area contributed by atoms with E-state index in [-0.39, 0.29) is 17.8 Å². The van der Waals surface area contributed by atoms with E-state index in [0.717, 1.165) is 58.8 Å². The normalized spacial score (nSPS) is 15.8. The number of nitrogens with zero attached hydrogens (tertiary/aromatic N) is 3. The number of halogens is 1. The number of likely N-dealkylation sites (tertiary alicyclic amines) is 1. The number of rotatable bonds is 6. The van der Waals surface area contributed by atoms with Crippen LogP contribution in [0.15, 0.2) is 30.3 Å². The van der Waals surface area contributed by atoms with Gasteiger partial charge in [-0.25, -0.2) is 4.39 Å². The molecule has 0 spiro atoms. The van der Waals surface area contributed by atoms with Gasteiger partial charge in [-0.1, -0.05) is 19.1 Å². The van der Waals surface area contributed by atoms with Crippen molar-refractivity contribution in [1.29, 1.82) is 0 Å². The van der Waals surface area contributed by atoms with Crippen LogP contribution < -0.4 is 5.32 Å². The molecule has 1 fully saturated rings. The average Bonchev–Trinajstić information content (AvgIpc) is 3.27. The minimum Gasteiger partial charge on any atom is -0.349 e. The lowest BCUT2D eigenvalue weighted by Crippen LogP contribution is -2.44. The van der Waals surface area contributed by atoms with E-state index in [2.05, 4.69) is 22.2 Å². The highest BCUT2D eigenvalue weighted by Crippen LogP contribution is 2.29. The Kier molecular flexibility index (Phi) is 5.96. The first-order chi connectivity index (χ1) is 14.0. The van der Waals surface area contributed by atoms with E-state index < -0.39 is 0 Å². The van der Waals surface area contributed by atoms with Gasteiger partial charge in [0.25, 0.3) is 5.91 Å². The van der Waals surface area contributed by atoms with Crippen LogP contribution in [0, 0.1) is 12.7 Å². The van der Waals surface area contributed by atoms with Gasteiger partial charge in [0.05, 0.1) is 17.1 Å². The number of aryl methyl sites for hydroxylation is 1. The van der Waals surface area contributed by atoms with Crippen molar-refractivity contribution in [3.8, 4) is 0 Å². The third-order valence-electron chi connectivity index (χ3n) is 5.54. The number of hydrogen-bond acceptors (Lipinski definition) is 4. The van der Waals surface area contributed by atoms with Crippen LogP contribution in [0.5, 0.6) is 0 Å². The van der Waals surface area contributed by atoms with E-state index in [4.69, 9.17) is 0 Å². The number of nitrogens with one attached hydrogen (secondary N) is 1. The van der Waals surface area contributed by atoms with Crippen LogP contribution in [0.25, 0.3) is 10.2 Å². The lowest BCUT2D eigenvalue weighted by Gasteiger charge is -2.31. The number of aromatic nitrogens is 2. The van der Waals surface area contributed by atoms with Gasteiger partial charge in [-0.15, -0.1) is 11.3 Å². The summed E-state index contributed by atoms with van der Waals surface area (Å²) in [5.41, 5.74) is 1.89. The fourth-order valence-corrected chi connectivity index (χ4v) is 5.03. The molecule has 154 valence electrons. The molecule has 0 atom stereocenters. The van der Waals surface area contributed by atoms with Crippen molar-refractivity contribution in [1.82, 2.24) is 20.0 Å². The van der Waals surface area contributed by atoms with Gasteiger partial charge in [0.15, 0.2) is 0 Å². The molecule has 29 heavy (non-hydrogen) atoms. The summed E-state index contributed by atoms with van der Waals surface area (Å²) in [4.78, 5) is 17.0. The van der Waals surface area contributed by atoms with Gasteiger partial charge in [-0.05, 0) is 56.5 Å². The number of carbonyl (C=O) groups excluding carboxylic acids is 1. The maximum Gasteiger partial charge on any atom is 0.261 e. The van der Waals surface area contributed by atoms with E-state index in [1.807, 2.05) is 17.7 Å². The van der Waals surface area contributed by atoms with Crippen LogP contribution in [0.2, 0.25) is 0 Å². The van der Waals surface area contributed by atoms with E-state index in [1.165, 1.54) is 29.9 Å². The summed E-state index contributed by atoms with van der Waals surface area (Å²) in [7, 11) is 0. The van der Waals surface area contributed by atoms with Crippen LogP contribution in [-0.2, 0) is 6.54 Å². The zero-order valence-electron chi connectivity index (χ0n) is 16.9. The quantitative estimate of drug-likeness (QED) is 0.658. The Hall–Kier alpha value is -2.25. The van der Waals surface area contributed by atoms with Crippen molar-refractivity contribution in [2.75, 3.05) is 19.6 Å². The lowest BCUT2D eigenvalue weighted by atomic mass is 10.0. The molecule has 1 aliphatic rings. The first-order valence-electron chi connectivity index (χ1n) is 10.3. The first-order valence-corrected chi connectivity index (χ1v) is 11.1. The van der Waals surface area contributed by atoms with Crippen LogP contribution in [0.3, 0.4) is 0 Å². The predicted molar refractivity (Wildman–Crippen MR) is 115 cm³/mol. The van der Waals surface area contributed by atoms with Crippen LogP contribution >= 0.6 is 11.3 Å². The van der Waals surface area contributed by atoms with Crippen molar-refractivity contribution < 1.29 is 9.18 Å². The summed E-state index contributed by atoms with van der Waals surface area (Å²) in [6.45, 7) is 7.96. The second-order valence-corrected chi connectivity index (χ2v) is 8.82. The molecule has 3 aromatic rings. The maximum atomic E-state index is 13.2. The minimum atomic E-state index is -0.244. The van der Waals surface area contributed by atoms with Crippen LogP contribution in [0.4, 0.5) is 4.39 Å². The number of amides is 1. The molecular weight excluding hydrogens is 387 g/mol. The standard InChI is InChI=1S/C22H27FN4OS/c1-3-10-26-11-8-18(9-12-26)24-21(28)20-13-19-15(2)25-27(22(19)29-20)14-16-4-6-17(23)7-5-16/h4-7,13,18H,3,8-12,14H2,1-2H3,(H,24,28). The van der Waals surface area contributed by atoms with Gasteiger partial charge in [0, 0.05) is 24.5 Å². The topological polar surface area (TPSA) is 50.2 Å². The third kappa shape index (κ3) is 4.51. The van der Waals surface area contributed by atoms with Crippen molar-refractivity contribution in [2.24, 2.45) is 0 Å². The molecule has 0 saturated carbocycles. The van der Waals surface area contributed by atoms with Gasteiger partial charge in [0.1, 0.15) is 10.6 Å². The Bertz CT molecular complexity index is 986. The van der Waals surface area contributed by atoms with Crippen molar-refractivity contribution in [2.45, 2.75) is 45.7 Å². The van der Waals surface area contributed by atoms with E-state index in [1.54, 1.807) is 12.1 Å². The first kappa shape index (κ1) is 20.0. The van der Waals surface area contributed by atoms with Crippen molar-refractivity contribution >= 4 is 27.5 Å². The minimum absolute atomic E-state index is 0.00729. The fraction of sp³-hybridized carbons (Fsp3) is 0.455. The molecule has 2 aromatic heterocycles. The summed E-state index contributed by atoms with van der Waals surface area (Å²) in [6.07, 6.45) is 3.19. The molecule has 4 rings (SSSR count). The average molecular weight is 415 g/mol. The van der Waals surface area contributed by atoms with Gasteiger partial charge in [0.2, 0.25) is 0 Å². The van der Waals surface area contributed by atoms with E-state index >= 15 is 0 Å². The van der Waals surface area contributed by atoms with Crippen LogP contribution in [0.1, 0.15) is 47.1 Å². The van der Waals surface area contributed by atoms with Crippen LogP contribution in [-0.4, -0.2) is 46.3 Å². The Labute approximate surface area is 174 Å². The highest BCUT2D eigenvalue weighted by atomic mass is 32.1.